The molecule has 3 heteroatoms. The molecule has 0 amide bonds. The summed E-state index contributed by atoms with van der Waals surface area (Å²) in [5, 5.41) is 8.31. The molecule has 0 bridgehead atoms. The highest BCUT2D eigenvalue weighted by atomic mass is 16.5. The molecule has 0 aromatic rings. The van der Waals surface area contributed by atoms with Crippen LogP contribution in [0.1, 0.15) is 13.8 Å². The van der Waals surface area contributed by atoms with E-state index in [0.717, 1.165) is 6.08 Å². The Hall–Kier alpha value is -0.990. The van der Waals surface area contributed by atoms with Gasteiger partial charge in [0.05, 0.1) is 13.2 Å². The zero-order chi connectivity index (χ0) is 8.15. The minimum absolute atomic E-state index is 0.126. The Morgan fingerprint density at radius 1 is 1.60 bits per heavy atom. The number of hydrogen-bond acceptors (Lipinski definition) is 2. The maximum Gasteiger partial charge on any atom is 0.331 e. The molecule has 0 aromatic carbocycles. The number of allylic oxidation sites excluding steroid dienone is 1. The molecule has 0 spiro atoms. The molecule has 0 aliphatic rings. The van der Waals surface area contributed by atoms with Crippen LogP contribution >= 0.6 is 0 Å². The second-order valence-electron chi connectivity index (χ2n) is 2.24. The van der Waals surface area contributed by atoms with Gasteiger partial charge in [0.1, 0.15) is 5.76 Å². The van der Waals surface area contributed by atoms with E-state index in [1.807, 2.05) is 13.8 Å². The van der Waals surface area contributed by atoms with Gasteiger partial charge in [0.15, 0.2) is 0 Å². The maximum absolute atomic E-state index is 10.1. The number of rotatable bonds is 3. The minimum Gasteiger partial charge on any atom is -0.501 e. The summed E-state index contributed by atoms with van der Waals surface area (Å²) in [5.41, 5.74) is 0. The van der Waals surface area contributed by atoms with Crippen molar-refractivity contribution in [3.05, 3.63) is 11.8 Å². The third kappa shape index (κ3) is 3.12. The van der Waals surface area contributed by atoms with Crippen molar-refractivity contribution in [2.75, 3.05) is 7.11 Å². The zero-order valence-electron chi connectivity index (χ0n) is 6.42. The lowest BCUT2D eigenvalue weighted by Crippen LogP contribution is -2.00. The molecule has 0 fully saturated rings. The molecule has 3 nitrogen and oxygen atoms in total. The lowest BCUT2D eigenvalue weighted by molar-refractivity contribution is -0.131. The Labute approximate surface area is 60.3 Å². The van der Waals surface area contributed by atoms with Crippen LogP contribution in [0.3, 0.4) is 0 Å². The average molecular weight is 144 g/mol. The van der Waals surface area contributed by atoms with E-state index >= 15 is 0 Å². The number of aliphatic carboxylic acids is 1. The summed E-state index contributed by atoms with van der Waals surface area (Å²) in [6, 6.07) is 0. The monoisotopic (exact) mass is 144 g/mol. The smallest absolute Gasteiger partial charge is 0.331 e. The Kier molecular flexibility index (Phi) is 3.54. The highest BCUT2D eigenvalue weighted by Crippen LogP contribution is 2.08. The molecule has 0 heterocycles. The summed E-state index contributed by atoms with van der Waals surface area (Å²) in [6.07, 6.45) is 1.07. The Morgan fingerprint density at radius 2 is 2.10 bits per heavy atom. The van der Waals surface area contributed by atoms with Gasteiger partial charge in [-0.25, -0.2) is 4.79 Å². The fourth-order valence-electron chi connectivity index (χ4n) is 0.583. The van der Waals surface area contributed by atoms with Crippen LogP contribution in [0.15, 0.2) is 11.8 Å². The van der Waals surface area contributed by atoms with Crippen LogP contribution in [0.2, 0.25) is 0 Å². The van der Waals surface area contributed by atoms with E-state index in [0.29, 0.717) is 5.76 Å². The van der Waals surface area contributed by atoms with Gasteiger partial charge in [-0.05, 0) is 0 Å². The van der Waals surface area contributed by atoms with Crippen molar-refractivity contribution in [1.82, 2.24) is 0 Å². The van der Waals surface area contributed by atoms with Gasteiger partial charge in [-0.2, -0.15) is 0 Å². The molecule has 0 saturated heterocycles. The predicted molar refractivity (Wildman–Crippen MR) is 37.6 cm³/mol. The van der Waals surface area contributed by atoms with Crippen molar-refractivity contribution in [2.24, 2.45) is 5.92 Å². The van der Waals surface area contributed by atoms with Gasteiger partial charge in [-0.3, -0.25) is 0 Å². The number of carboxylic acids is 1. The van der Waals surface area contributed by atoms with Crippen molar-refractivity contribution >= 4 is 5.97 Å². The van der Waals surface area contributed by atoms with Crippen molar-refractivity contribution in [1.29, 1.82) is 0 Å². The second kappa shape index (κ2) is 3.93. The highest BCUT2D eigenvalue weighted by molar-refractivity contribution is 5.80. The Bertz CT molecular complexity index is 147. The average Bonchev–Trinajstić information content (AvgIpc) is 1.81. The van der Waals surface area contributed by atoms with Gasteiger partial charge in [0.25, 0.3) is 0 Å². The van der Waals surface area contributed by atoms with Gasteiger partial charge in [0.2, 0.25) is 0 Å². The molecule has 58 valence electrons. The van der Waals surface area contributed by atoms with E-state index in [1.165, 1.54) is 7.11 Å². The molecule has 0 saturated carbocycles. The molecule has 0 aromatic heterocycles. The molecular weight excluding hydrogens is 132 g/mol. The summed E-state index contributed by atoms with van der Waals surface area (Å²) in [6.45, 7) is 3.75. The third-order valence-electron chi connectivity index (χ3n) is 1.07. The first-order valence-corrected chi connectivity index (χ1v) is 3.06. The number of ether oxygens (including phenoxy) is 1. The van der Waals surface area contributed by atoms with Gasteiger partial charge >= 0.3 is 5.97 Å². The zero-order valence-corrected chi connectivity index (χ0v) is 6.42. The van der Waals surface area contributed by atoms with E-state index in [2.05, 4.69) is 0 Å². The van der Waals surface area contributed by atoms with Gasteiger partial charge in [-0.15, -0.1) is 0 Å². The van der Waals surface area contributed by atoms with Crippen LogP contribution in [-0.4, -0.2) is 18.2 Å². The number of methoxy groups -OCH3 is 1. The maximum atomic E-state index is 10.1. The van der Waals surface area contributed by atoms with E-state index in [-0.39, 0.29) is 5.92 Å². The van der Waals surface area contributed by atoms with Crippen molar-refractivity contribution in [3.63, 3.8) is 0 Å². The Balaban J connectivity index is 4.18. The molecule has 0 radical (unpaired) electrons. The first kappa shape index (κ1) is 9.01. The molecule has 0 aliphatic heterocycles. The van der Waals surface area contributed by atoms with Crippen LogP contribution in [-0.2, 0) is 9.53 Å². The topological polar surface area (TPSA) is 46.5 Å². The molecule has 1 N–H and O–H groups in total. The molecule has 0 aliphatic carbocycles. The van der Waals surface area contributed by atoms with Crippen molar-refractivity contribution in [2.45, 2.75) is 13.8 Å². The van der Waals surface area contributed by atoms with Crippen molar-refractivity contribution < 1.29 is 14.6 Å². The quantitative estimate of drug-likeness (QED) is 0.479. The molecule has 0 unspecified atom stereocenters. The minimum atomic E-state index is -0.967. The summed E-state index contributed by atoms with van der Waals surface area (Å²) in [7, 11) is 1.47. The lowest BCUT2D eigenvalue weighted by atomic mass is 10.2. The summed E-state index contributed by atoms with van der Waals surface area (Å²) >= 11 is 0. The number of carbonyl (C=O) groups is 1. The second-order valence-corrected chi connectivity index (χ2v) is 2.24. The summed E-state index contributed by atoms with van der Waals surface area (Å²) in [4.78, 5) is 10.1. The van der Waals surface area contributed by atoms with Crippen molar-refractivity contribution in [3.8, 4) is 0 Å². The fraction of sp³-hybridized carbons (Fsp3) is 0.571. The van der Waals surface area contributed by atoms with Crippen LogP contribution in [0.5, 0.6) is 0 Å². The predicted octanol–water partition coefficient (Wildman–Crippen LogP) is 1.26. The highest BCUT2D eigenvalue weighted by Gasteiger charge is 2.03. The largest absolute Gasteiger partial charge is 0.501 e. The normalized spacial score (nSPS) is 11.8. The van der Waals surface area contributed by atoms with Crippen LogP contribution in [0, 0.1) is 5.92 Å². The molecule has 10 heavy (non-hydrogen) atoms. The summed E-state index contributed by atoms with van der Waals surface area (Å²) < 4.78 is 4.80. The Morgan fingerprint density at radius 3 is 2.20 bits per heavy atom. The van der Waals surface area contributed by atoms with Gasteiger partial charge in [-0.1, -0.05) is 13.8 Å². The number of carboxylic acid groups (broad SMARTS) is 1. The van der Waals surface area contributed by atoms with E-state index in [9.17, 15) is 4.79 Å². The molecule has 0 rings (SSSR count). The number of hydrogen-bond donors (Lipinski definition) is 1. The molecule has 0 atom stereocenters. The summed E-state index contributed by atoms with van der Waals surface area (Å²) in [5.74, 6) is -0.348. The van der Waals surface area contributed by atoms with Crippen LogP contribution in [0.25, 0.3) is 0 Å². The molecular formula is C7H12O3. The third-order valence-corrected chi connectivity index (χ3v) is 1.07. The van der Waals surface area contributed by atoms with Crippen LogP contribution < -0.4 is 0 Å². The lowest BCUT2D eigenvalue weighted by Gasteiger charge is -2.07. The van der Waals surface area contributed by atoms with E-state index in [1.54, 1.807) is 0 Å². The first-order valence-electron chi connectivity index (χ1n) is 3.06. The fourth-order valence-corrected chi connectivity index (χ4v) is 0.583. The van der Waals surface area contributed by atoms with E-state index < -0.39 is 5.97 Å². The van der Waals surface area contributed by atoms with Gasteiger partial charge in [0, 0.05) is 5.92 Å². The van der Waals surface area contributed by atoms with Gasteiger partial charge < -0.3 is 9.84 Å². The van der Waals surface area contributed by atoms with Crippen LogP contribution in [0.4, 0.5) is 0 Å². The first-order chi connectivity index (χ1) is 4.57. The standard InChI is InChI=1S/C7H12O3/c1-5(2)6(10-3)4-7(8)9/h4-5H,1-3H3,(H,8,9)/b6-4+. The SMILES string of the molecule is CO/C(=C/C(=O)O)C(C)C. The van der Waals surface area contributed by atoms with E-state index in [4.69, 9.17) is 9.84 Å².